The molecule has 1 aliphatic heterocycles. The quantitative estimate of drug-likeness (QED) is 0.561. The Morgan fingerprint density at radius 2 is 1.57 bits per heavy atom. The van der Waals surface area contributed by atoms with E-state index >= 15 is 0 Å². The molecule has 7 heteroatoms. The Labute approximate surface area is 175 Å². The van der Waals surface area contributed by atoms with Crippen LogP contribution in [0.25, 0.3) is 0 Å². The number of carbonyl (C=O) groups is 4. The molecule has 1 aliphatic rings. The van der Waals surface area contributed by atoms with Crippen LogP contribution in [0.4, 0.5) is 5.69 Å². The van der Waals surface area contributed by atoms with E-state index in [9.17, 15) is 19.2 Å². The topological polar surface area (TPSA) is 84.0 Å². The van der Waals surface area contributed by atoms with E-state index in [2.05, 4.69) is 0 Å². The molecule has 0 N–H and O–H groups in total. The summed E-state index contributed by atoms with van der Waals surface area (Å²) >= 11 is 0. The summed E-state index contributed by atoms with van der Waals surface area (Å²) in [5, 5.41) is 0. The van der Waals surface area contributed by atoms with Crippen molar-refractivity contribution in [2.75, 3.05) is 18.0 Å². The maximum atomic E-state index is 13.1. The third kappa shape index (κ3) is 4.56. The first-order valence-corrected chi connectivity index (χ1v) is 9.61. The Morgan fingerprint density at radius 1 is 0.967 bits per heavy atom. The van der Waals surface area contributed by atoms with E-state index in [1.807, 2.05) is 13.0 Å². The lowest BCUT2D eigenvalue weighted by Crippen LogP contribution is -2.45. The predicted molar refractivity (Wildman–Crippen MR) is 111 cm³/mol. The molecular weight excluding hydrogens is 384 g/mol. The summed E-state index contributed by atoms with van der Waals surface area (Å²) in [6.07, 6.45) is 0. The minimum Gasteiger partial charge on any atom is -0.459 e. The summed E-state index contributed by atoms with van der Waals surface area (Å²) in [6, 6.07) is 13.5. The third-order valence-electron chi connectivity index (χ3n) is 4.49. The number of nitrogens with zero attached hydrogens (tertiary/aromatic N) is 2. The van der Waals surface area contributed by atoms with Crippen molar-refractivity contribution in [2.45, 2.75) is 33.3 Å². The third-order valence-corrected chi connectivity index (χ3v) is 4.49. The molecule has 0 saturated heterocycles. The Bertz CT molecular complexity index is 987. The summed E-state index contributed by atoms with van der Waals surface area (Å²) in [5.74, 6) is -2.18. The van der Waals surface area contributed by atoms with E-state index in [0.717, 1.165) is 10.5 Å². The van der Waals surface area contributed by atoms with Gasteiger partial charge in [-0.3, -0.25) is 29.0 Å². The highest BCUT2D eigenvalue weighted by Crippen LogP contribution is 2.23. The van der Waals surface area contributed by atoms with Crippen LogP contribution in [0.2, 0.25) is 0 Å². The van der Waals surface area contributed by atoms with Crippen LogP contribution in [0.3, 0.4) is 0 Å². The Balaban J connectivity index is 1.85. The fourth-order valence-electron chi connectivity index (χ4n) is 3.23. The average Bonchev–Trinajstić information content (AvgIpc) is 2.90. The first kappa shape index (κ1) is 21.2. The van der Waals surface area contributed by atoms with Gasteiger partial charge in [-0.2, -0.15) is 0 Å². The molecule has 156 valence electrons. The maximum absolute atomic E-state index is 13.1. The van der Waals surface area contributed by atoms with Crippen LogP contribution >= 0.6 is 0 Å². The number of anilines is 1. The molecule has 0 aromatic heterocycles. The fraction of sp³-hybridized carbons (Fsp3) is 0.304. The van der Waals surface area contributed by atoms with E-state index in [4.69, 9.17) is 4.74 Å². The van der Waals surface area contributed by atoms with Crippen LogP contribution in [0.5, 0.6) is 0 Å². The second kappa shape index (κ2) is 8.10. The van der Waals surface area contributed by atoms with E-state index in [-0.39, 0.29) is 17.7 Å². The van der Waals surface area contributed by atoms with Crippen molar-refractivity contribution in [2.24, 2.45) is 0 Å². The number of ether oxygens (including phenoxy) is 1. The number of aryl methyl sites for hydroxylation is 1. The number of esters is 1. The van der Waals surface area contributed by atoms with E-state index in [1.165, 1.54) is 4.90 Å². The Hall–Kier alpha value is -3.48. The zero-order chi connectivity index (χ0) is 22.1. The van der Waals surface area contributed by atoms with E-state index in [0.29, 0.717) is 5.69 Å². The number of hydrogen-bond acceptors (Lipinski definition) is 5. The predicted octanol–water partition coefficient (Wildman–Crippen LogP) is 2.97. The lowest BCUT2D eigenvalue weighted by atomic mass is 10.1. The Morgan fingerprint density at radius 3 is 2.10 bits per heavy atom. The van der Waals surface area contributed by atoms with Crippen molar-refractivity contribution in [3.05, 3.63) is 65.2 Å². The van der Waals surface area contributed by atoms with Gasteiger partial charge in [0.2, 0.25) is 5.91 Å². The zero-order valence-corrected chi connectivity index (χ0v) is 17.5. The van der Waals surface area contributed by atoms with Gasteiger partial charge in [-0.15, -0.1) is 0 Å². The van der Waals surface area contributed by atoms with Crippen LogP contribution in [0.15, 0.2) is 48.5 Å². The molecule has 0 spiro atoms. The molecule has 0 atom stereocenters. The zero-order valence-electron chi connectivity index (χ0n) is 17.5. The van der Waals surface area contributed by atoms with E-state index in [1.54, 1.807) is 63.2 Å². The minimum atomic E-state index is -0.707. The summed E-state index contributed by atoms with van der Waals surface area (Å²) in [5.41, 5.74) is 1.22. The first-order chi connectivity index (χ1) is 14.1. The molecule has 1 heterocycles. The molecule has 30 heavy (non-hydrogen) atoms. The van der Waals surface area contributed by atoms with Crippen molar-refractivity contribution in [1.29, 1.82) is 0 Å². The molecule has 7 nitrogen and oxygen atoms in total. The normalized spacial score (nSPS) is 13.3. The van der Waals surface area contributed by atoms with Crippen molar-refractivity contribution in [3.8, 4) is 0 Å². The van der Waals surface area contributed by atoms with Crippen LogP contribution in [0.1, 0.15) is 47.1 Å². The molecule has 2 aromatic carbocycles. The lowest BCUT2D eigenvalue weighted by Gasteiger charge is -2.26. The number of benzene rings is 2. The van der Waals surface area contributed by atoms with Gasteiger partial charge in [-0.1, -0.05) is 24.3 Å². The van der Waals surface area contributed by atoms with Crippen LogP contribution in [-0.2, 0) is 14.3 Å². The van der Waals surface area contributed by atoms with Gasteiger partial charge >= 0.3 is 5.97 Å². The smallest absolute Gasteiger partial charge is 0.326 e. The van der Waals surface area contributed by atoms with Crippen LogP contribution in [-0.4, -0.2) is 47.3 Å². The molecular formula is C23H24N2O5. The number of amides is 3. The minimum absolute atomic E-state index is 0.268. The molecule has 3 rings (SSSR count). The van der Waals surface area contributed by atoms with Gasteiger partial charge < -0.3 is 4.74 Å². The van der Waals surface area contributed by atoms with Gasteiger partial charge in [0.1, 0.15) is 18.7 Å². The summed E-state index contributed by atoms with van der Waals surface area (Å²) in [7, 11) is 0. The molecule has 0 saturated carbocycles. The highest BCUT2D eigenvalue weighted by atomic mass is 16.6. The van der Waals surface area contributed by atoms with Crippen LogP contribution < -0.4 is 4.90 Å². The van der Waals surface area contributed by atoms with Gasteiger partial charge in [0, 0.05) is 5.69 Å². The summed E-state index contributed by atoms with van der Waals surface area (Å²) < 4.78 is 5.35. The summed E-state index contributed by atoms with van der Waals surface area (Å²) in [6.45, 7) is 6.28. The van der Waals surface area contributed by atoms with Crippen molar-refractivity contribution in [1.82, 2.24) is 4.90 Å². The fourth-order valence-corrected chi connectivity index (χ4v) is 3.23. The van der Waals surface area contributed by atoms with Crippen molar-refractivity contribution < 1.29 is 23.9 Å². The number of fused-ring (bicyclic) bond motifs is 1. The van der Waals surface area contributed by atoms with Crippen molar-refractivity contribution >= 4 is 29.4 Å². The molecule has 2 aromatic rings. The number of hydrogen-bond donors (Lipinski definition) is 0. The van der Waals surface area contributed by atoms with Gasteiger partial charge in [0.15, 0.2) is 0 Å². The maximum Gasteiger partial charge on any atom is 0.326 e. The lowest BCUT2D eigenvalue weighted by molar-refractivity contribution is -0.153. The molecule has 3 amide bonds. The molecule has 0 fully saturated rings. The highest BCUT2D eigenvalue weighted by molar-refractivity contribution is 6.22. The van der Waals surface area contributed by atoms with Gasteiger partial charge in [-0.25, -0.2) is 0 Å². The molecule has 0 bridgehead atoms. The molecule has 0 radical (unpaired) electrons. The van der Waals surface area contributed by atoms with Crippen LogP contribution in [0, 0.1) is 6.92 Å². The highest BCUT2D eigenvalue weighted by Gasteiger charge is 2.37. The Kier molecular flexibility index (Phi) is 5.73. The summed E-state index contributed by atoms with van der Waals surface area (Å²) in [4.78, 5) is 52.9. The van der Waals surface area contributed by atoms with Gasteiger partial charge in [0.25, 0.3) is 11.8 Å². The van der Waals surface area contributed by atoms with E-state index < -0.39 is 35.8 Å². The molecule has 0 aliphatic carbocycles. The average molecular weight is 408 g/mol. The number of rotatable bonds is 5. The second-order valence-corrected chi connectivity index (χ2v) is 8.15. The second-order valence-electron chi connectivity index (χ2n) is 8.15. The first-order valence-electron chi connectivity index (χ1n) is 9.61. The van der Waals surface area contributed by atoms with Gasteiger partial charge in [-0.05, 0) is 57.5 Å². The number of carbonyl (C=O) groups excluding carboxylic acids is 4. The monoisotopic (exact) mass is 408 g/mol. The molecule has 0 unspecified atom stereocenters. The largest absolute Gasteiger partial charge is 0.459 e. The SMILES string of the molecule is Cc1cccc(N(CC(=O)OC(C)(C)C)C(=O)CN2C(=O)c3ccccc3C2=O)c1. The number of imide groups is 1. The van der Waals surface area contributed by atoms with Gasteiger partial charge in [0.05, 0.1) is 11.1 Å². The standard InChI is InChI=1S/C23H24N2O5/c1-15-8-7-9-16(12-15)24(14-20(27)30-23(2,3)4)19(26)13-25-21(28)17-10-5-6-11-18(17)22(25)29/h5-12H,13-14H2,1-4H3. The van der Waals surface area contributed by atoms with Crippen molar-refractivity contribution in [3.63, 3.8) is 0 Å².